The molecule has 8 nitrogen and oxygen atoms in total. The predicted molar refractivity (Wildman–Crippen MR) is 137 cm³/mol. The van der Waals surface area contributed by atoms with Crippen LogP contribution in [0.2, 0.25) is 0 Å². The standard InChI is InChI=1S/C29H30N2O6/c32-27(37-19-18-36-24-11-5-2-6-12-24)21-26-28(33)30-15-16-31(26)29(34)23-10-7-13-25(20-23)35-17-14-22-8-3-1-4-9-22/h1-13,20,26H,14-19,21H2,(H,30,33). The maximum Gasteiger partial charge on any atom is 0.308 e. The second-order valence-electron chi connectivity index (χ2n) is 8.50. The van der Waals surface area contributed by atoms with E-state index in [2.05, 4.69) is 5.32 Å². The number of carbonyl (C=O) groups excluding carboxylic acids is 3. The number of carbonyl (C=O) groups is 3. The van der Waals surface area contributed by atoms with Gasteiger partial charge in [-0.1, -0.05) is 54.6 Å². The molecule has 1 unspecified atom stereocenters. The van der Waals surface area contributed by atoms with Crippen molar-refractivity contribution in [2.24, 2.45) is 0 Å². The first-order valence-corrected chi connectivity index (χ1v) is 12.3. The third-order valence-electron chi connectivity index (χ3n) is 5.89. The molecular weight excluding hydrogens is 472 g/mol. The van der Waals surface area contributed by atoms with Crippen LogP contribution in [-0.4, -0.2) is 61.6 Å². The van der Waals surface area contributed by atoms with Crippen molar-refractivity contribution in [3.63, 3.8) is 0 Å². The lowest BCUT2D eigenvalue weighted by Crippen LogP contribution is -2.57. The number of rotatable bonds is 11. The molecule has 0 spiro atoms. The lowest BCUT2D eigenvalue weighted by Gasteiger charge is -2.34. The Bertz CT molecular complexity index is 1190. The van der Waals surface area contributed by atoms with Crippen LogP contribution in [0.4, 0.5) is 0 Å². The molecule has 1 aliphatic rings. The zero-order valence-corrected chi connectivity index (χ0v) is 20.5. The Kier molecular flexibility index (Phi) is 9.12. The SMILES string of the molecule is O=C(CC1C(=O)NCCN1C(=O)c1cccc(OCCc2ccccc2)c1)OCCOc1ccccc1. The van der Waals surface area contributed by atoms with Gasteiger partial charge >= 0.3 is 5.97 Å². The fourth-order valence-electron chi connectivity index (χ4n) is 4.03. The molecule has 0 saturated carbocycles. The Morgan fingerprint density at radius 3 is 2.32 bits per heavy atom. The molecule has 1 atom stereocenters. The van der Waals surface area contributed by atoms with Crippen LogP contribution >= 0.6 is 0 Å². The highest BCUT2D eigenvalue weighted by Gasteiger charge is 2.35. The van der Waals surface area contributed by atoms with Crippen molar-refractivity contribution < 1.29 is 28.6 Å². The molecule has 1 heterocycles. The maximum absolute atomic E-state index is 13.3. The van der Waals surface area contributed by atoms with E-state index in [1.165, 1.54) is 4.90 Å². The van der Waals surface area contributed by atoms with Crippen molar-refractivity contribution in [1.29, 1.82) is 0 Å². The van der Waals surface area contributed by atoms with Crippen LogP contribution in [0.15, 0.2) is 84.9 Å². The number of amides is 2. The molecule has 4 rings (SSSR count). The second kappa shape index (κ2) is 13.1. The summed E-state index contributed by atoms with van der Waals surface area (Å²) in [5.41, 5.74) is 1.55. The van der Waals surface area contributed by atoms with Gasteiger partial charge in [-0.05, 0) is 35.9 Å². The lowest BCUT2D eigenvalue weighted by molar-refractivity contribution is -0.148. The Hall–Kier alpha value is -4.33. The molecule has 37 heavy (non-hydrogen) atoms. The summed E-state index contributed by atoms with van der Waals surface area (Å²) < 4.78 is 16.6. The molecule has 0 aromatic heterocycles. The number of nitrogens with one attached hydrogen (secondary N) is 1. The van der Waals surface area contributed by atoms with E-state index in [9.17, 15) is 14.4 Å². The smallest absolute Gasteiger partial charge is 0.308 e. The second-order valence-corrected chi connectivity index (χ2v) is 8.50. The highest BCUT2D eigenvalue weighted by Crippen LogP contribution is 2.19. The number of para-hydroxylation sites is 1. The van der Waals surface area contributed by atoms with Crippen LogP contribution in [0.3, 0.4) is 0 Å². The monoisotopic (exact) mass is 502 g/mol. The minimum Gasteiger partial charge on any atom is -0.493 e. The third-order valence-corrected chi connectivity index (χ3v) is 5.89. The Balaban J connectivity index is 1.31. The van der Waals surface area contributed by atoms with Crippen LogP contribution in [0.25, 0.3) is 0 Å². The summed E-state index contributed by atoms with van der Waals surface area (Å²) in [6.07, 6.45) is 0.502. The first-order valence-electron chi connectivity index (χ1n) is 12.3. The van der Waals surface area contributed by atoms with Gasteiger partial charge in [0.15, 0.2) is 0 Å². The highest BCUT2D eigenvalue weighted by atomic mass is 16.6. The van der Waals surface area contributed by atoms with Gasteiger partial charge in [-0.3, -0.25) is 14.4 Å². The van der Waals surface area contributed by atoms with Crippen molar-refractivity contribution in [1.82, 2.24) is 10.2 Å². The van der Waals surface area contributed by atoms with E-state index in [-0.39, 0.29) is 31.4 Å². The van der Waals surface area contributed by atoms with E-state index in [1.807, 2.05) is 48.5 Å². The van der Waals surface area contributed by atoms with E-state index < -0.39 is 12.0 Å². The Morgan fingerprint density at radius 1 is 0.838 bits per heavy atom. The summed E-state index contributed by atoms with van der Waals surface area (Å²) in [5, 5.41) is 2.73. The Labute approximate surface area is 216 Å². The van der Waals surface area contributed by atoms with Crippen molar-refractivity contribution in [3.8, 4) is 11.5 Å². The first-order chi connectivity index (χ1) is 18.1. The van der Waals surface area contributed by atoms with Gasteiger partial charge in [0, 0.05) is 25.1 Å². The highest BCUT2D eigenvalue weighted by molar-refractivity contribution is 5.99. The van der Waals surface area contributed by atoms with Crippen molar-refractivity contribution in [2.75, 3.05) is 32.9 Å². The summed E-state index contributed by atoms with van der Waals surface area (Å²) in [4.78, 5) is 39.8. The first kappa shape index (κ1) is 25.8. The summed E-state index contributed by atoms with van der Waals surface area (Å²) in [7, 11) is 0. The van der Waals surface area contributed by atoms with Crippen molar-refractivity contribution in [3.05, 3.63) is 96.1 Å². The zero-order valence-electron chi connectivity index (χ0n) is 20.5. The summed E-state index contributed by atoms with van der Waals surface area (Å²) >= 11 is 0. The summed E-state index contributed by atoms with van der Waals surface area (Å²) in [6, 6.07) is 25.1. The number of hydrogen-bond acceptors (Lipinski definition) is 6. The van der Waals surface area contributed by atoms with Gasteiger partial charge in [0.05, 0.1) is 13.0 Å². The fraction of sp³-hybridized carbons (Fsp3) is 0.276. The van der Waals surface area contributed by atoms with Gasteiger partial charge < -0.3 is 24.4 Å². The molecule has 1 fully saturated rings. The molecule has 0 radical (unpaired) electrons. The summed E-state index contributed by atoms with van der Waals surface area (Å²) in [5.74, 6) is -0.0544. The molecule has 1 N–H and O–H groups in total. The molecule has 1 aliphatic heterocycles. The van der Waals surface area contributed by atoms with Crippen molar-refractivity contribution >= 4 is 17.8 Å². The van der Waals surface area contributed by atoms with Crippen LogP contribution in [-0.2, 0) is 20.7 Å². The quantitative estimate of drug-likeness (QED) is 0.320. The van der Waals surface area contributed by atoms with Crippen LogP contribution in [0.1, 0.15) is 22.3 Å². The van der Waals surface area contributed by atoms with Gasteiger partial charge in [0.25, 0.3) is 5.91 Å². The Morgan fingerprint density at radius 2 is 1.54 bits per heavy atom. The minimum absolute atomic E-state index is 0.0401. The number of esters is 1. The van der Waals surface area contributed by atoms with Gasteiger partial charge in [0.1, 0.15) is 30.8 Å². The lowest BCUT2D eigenvalue weighted by atomic mass is 10.1. The molecule has 3 aromatic carbocycles. The van der Waals surface area contributed by atoms with E-state index in [0.29, 0.717) is 36.8 Å². The maximum atomic E-state index is 13.3. The molecule has 8 heteroatoms. The summed E-state index contributed by atoms with van der Waals surface area (Å²) in [6.45, 7) is 1.30. The topological polar surface area (TPSA) is 94.2 Å². The third kappa shape index (κ3) is 7.57. The van der Waals surface area contributed by atoms with Crippen LogP contribution in [0, 0.1) is 0 Å². The largest absolute Gasteiger partial charge is 0.493 e. The van der Waals surface area contributed by atoms with Gasteiger partial charge in [-0.15, -0.1) is 0 Å². The van der Waals surface area contributed by atoms with Gasteiger partial charge in [0.2, 0.25) is 5.91 Å². The fourth-order valence-corrected chi connectivity index (χ4v) is 4.03. The van der Waals surface area contributed by atoms with Crippen molar-refractivity contribution in [2.45, 2.75) is 18.9 Å². The normalized spacial score (nSPS) is 15.0. The van der Waals surface area contributed by atoms with Crippen LogP contribution < -0.4 is 14.8 Å². The molecule has 192 valence electrons. The minimum atomic E-state index is -0.952. The van der Waals surface area contributed by atoms with E-state index in [4.69, 9.17) is 14.2 Å². The molecular formula is C29H30N2O6. The number of piperazine rings is 1. The molecule has 3 aromatic rings. The molecule has 0 bridgehead atoms. The number of ether oxygens (including phenoxy) is 3. The number of benzene rings is 3. The molecule has 0 aliphatic carbocycles. The average molecular weight is 503 g/mol. The van der Waals surface area contributed by atoms with E-state index >= 15 is 0 Å². The number of hydrogen-bond donors (Lipinski definition) is 1. The van der Waals surface area contributed by atoms with E-state index in [0.717, 1.165) is 12.0 Å². The molecule has 1 saturated heterocycles. The number of nitrogens with zero attached hydrogens (tertiary/aromatic N) is 1. The van der Waals surface area contributed by atoms with Gasteiger partial charge in [-0.25, -0.2) is 0 Å². The van der Waals surface area contributed by atoms with Crippen LogP contribution in [0.5, 0.6) is 11.5 Å². The van der Waals surface area contributed by atoms with Gasteiger partial charge in [-0.2, -0.15) is 0 Å². The predicted octanol–water partition coefficient (Wildman–Crippen LogP) is 3.26. The van der Waals surface area contributed by atoms with E-state index in [1.54, 1.807) is 36.4 Å². The zero-order chi connectivity index (χ0) is 25.9. The molecule has 2 amide bonds. The average Bonchev–Trinajstić information content (AvgIpc) is 2.93.